The summed E-state index contributed by atoms with van der Waals surface area (Å²) in [5.41, 5.74) is 9.42. The predicted octanol–water partition coefficient (Wildman–Crippen LogP) is 13.3. The number of para-hydroxylation sites is 2. The maximum absolute atomic E-state index is 6.25. The Kier molecular flexibility index (Phi) is 6.36. The molecule has 0 aliphatic carbocycles. The zero-order chi connectivity index (χ0) is 32.3. The van der Waals surface area contributed by atoms with Crippen LogP contribution < -0.4 is 4.90 Å². The Labute approximate surface area is 286 Å². The van der Waals surface area contributed by atoms with Gasteiger partial charge in [0.1, 0.15) is 16.2 Å². The highest BCUT2D eigenvalue weighted by Gasteiger charge is 2.22. The second-order valence-corrected chi connectivity index (χ2v) is 13.3. The van der Waals surface area contributed by atoms with E-state index in [4.69, 9.17) is 9.40 Å². The molecule has 2 aromatic heterocycles. The van der Waals surface area contributed by atoms with Crippen LogP contribution in [0.3, 0.4) is 0 Å². The second kappa shape index (κ2) is 11.2. The van der Waals surface area contributed by atoms with Crippen molar-refractivity contribution in [3.05, 3.63) is 170 Å². The van der Waals surface area contributed by atoms with Gasteiger partial charge >= 0.3 is 0 Å². The molecule has 0 aliphatic heterocycles. The molecule has 0 bridgehead atoms. The summed E-state index contributed by atoms with van der Waals surface area (Å²) in [7, 11) is 0. The van der Waals surface area contributed by atoms with Gasteiger partial charge in [0.25, 0.3) is 0 Å². The summed E-state index contributed by atoms with van der Waals surface area (Å²) in [5, 5.41) is 8.10. The number of fused-ring (bicyclic) bond motifs is 9. The molecule has 8 aromatic carbocycles. The third kappa shape index (κ3) is 4.53. The van der Waals surface area contributed by atoms with Gasteiger partial charge in [-0.25, -0.2) is 4.98 Å². The number of furan rings is 1. The van der Waals surface area contributed by atoms with Crippen LogP contribution in [-0.2, 0) is 0 Å². The number of nitrogens with zero attached hydrogens (tertiary/aromatic N) is 2. The Balaban J connectivity index is 1.23. The van der Waals surface area contributed by atoms with Crippen LogP contribution in [0.4, 0.5) is 17.1 Å². The number of rotatable bonds is 5. The minimum absolute atomic E-state index is 0.876. The van der Waals surface area contributed by atoms with Gasteiger partial charge < -0.3 is 9.32 Å². The van der Waals surface area contributed by atoms with Crippen LogP contribution in [0.15, 0.2) is 174 Å². The van der Waals surface area contributed by atoms with Crippen LogP contribution in [0.1, 0.15) is 0 Å². The molecule has 0 saturated heterocycles. The van der Waals surface area contributed by atoms with Crippen molar-refractivity contribution in [2.75, 3.05) is 4.90 Å². The highest BCUT2D eigenvalue weighted by Crippen LogP contribution is 2.46. The topological polar surface area (TPSA) is 29.3 Å². The van der Waals surface area contributed by atoms with Gasteiger partial charge in [-0.15, -0.1) is 11.3 Å². The molecule has 0 atom stereocenters. The van der Waals surface area contributed by atoms with Crippen molar-refractivity contribution >= 4 is 82.1 Å². The first kappa shape index (κ1) is 27.8. The summed E-state index contributed by atoms with van der Waals surface area (Å²) in [5.74, 6) is 0. The molecule has 10 rings (SSSR count). The van der Waals surface area contributed by atoms with E-state index in [2.05, 4.69) is 163 Å². The van der Waals surface area contributed by atoms with Gasteiger partial charge in [0.2, 0.25) is 0 Å². The average Bonchev–Trinajstić information content (AvgIpc) is 3.79. The first-order chi connectivity index (χ1) is 24.3. The van der Waals surface area contributed by atoms with Gasteiger partial charge in [0.15, 0.2) is 0 Å². The van der Waals surface area contributed by atoms with Crippen molar-refractivity contribution in [2.45, 2.75) is 0 Å². The Hall–Kier alpha value is -6.23. The monoisotopic (exact) mass is 644 g/mol. The molecule has 4 heteroatoms. The normalized spacial score (nSPS) is 11.7. The van der Waals surface area contributed by atoms with Gasteiger partial charge in [-0.1, -0.05) is 121 Å². The summed E-state index contributed by atoms with van der Waals surface area (Å²) in [4.78, 5) is 7.78. The first-order valence-corrected chi connectivity index (χ1v) is 17.3. The summed E-state index contributed by atoms with van der Waals surface area (Å²) in [6, 6.07) is 60.1. The molecular weight excluding hydrogens is 617 g/mol. The van der Waals surface area contributed by atoms with E-state index >= 15 is 0 Å². The smallest absolute Gasteiger partial charge is 0.135 e. The molecule has 0 fully saturated rings. The highest BCUT2D eigenvalue weighted by molar-refractivity contribution is 7.22. The lowest BCUT2D eigenvalue weighted by Gasteiger charge is -2.28. The van der Waals surface area contributed by atoms with Gasteiger partial charge in [0.05, 0.1) is 15.9 Å². The molecule has 0 radical (unpaired) electrons. The molecule has 0 saturated carbocycles. The number of hydrogen-bond acceptors (Lipinski definition) is 4. The molecule has 0 amide bonds. The fraction of sp³-hybridized carbons (Fsp3) is 0. The van der Waals surface area contributed by atoms with Gasteiger partial charge in [0, 0.05) is 38.5 Å². The molecule has 49 heavy (non-hydrogen) atoms. The quantitative estimate of drug-likeness (QED) is 0.175. The van der Waals surface area contributed by atoms with E-state index in [1.807, 2.05) is 12.1 Å². The standard InChI is InChI=1S/C45H28N2OS/c1-2-13-29(14-3-1)30-15-12-16-31(27-30)47(32-25-26-42-39(28-32)35-19-9-11-24-41(35)48-42)40-23-10-8-22-38(40)45-46-43-36-20-6-4-17-33(36)34-18-5-7-21-37(34)44(43)49-45/h1-28H. The molecule has 2 heterocycles. The minimum Gasteiger partial charge on any atom is -0.456 e. The van der Waals surface area contributed by atoms with Crippen molar-refractivity contribution < 1.29 is 4.42 Å². The van der Waals surface area contributed by atoms with Crippen LogP contribution in [0.2, 0.25) is 0 Å². The number of aromatic nitrogens is 1. The molecule has 0 unspecified atom stereocenters. The zero-order valence-corrected chi connectivity index (χ0v) is 27.2. The number of anilines is 3. The lowest BCUT2D eigenvalue weighted by atomic mass is 10.0. The molecule has 0 N–H and O–H groups in total. The lowest BCUT2D eigenvalue weighted by Crippen LogP contribution is -2.11. The maximum atomic E-state index is 6.25. The molecule has 0 aliphatic rings. The van der Waals surface area contributed by atoms with E-state index in [-0.39, 0.29) is 0 Å². The van der Waals surface area contributed by atoms with Crippen molar-refractivity contribution in [1.29, 1.82) is 0 Å². The number of hydrogen-bond donors (Lipinski definition) is 0. The molecule has 230 valence electrons. The summed E-state index contributed by atoms with van der Waals surface area (Å²) < 4.78 is 7.46. The van der Waals surface area contributed by atoms with E-state index < -0.39 is 0 Å². The summed E-state index contributed by atoms with van der Waals surface area (Å²) >= 11 is 1.77. The highest BCUT2D eigenvalue weighted by atomic mass is 32.1. The van der Waals surface area contributed by atoms with Crippen LogP contribution in [-0.4, -0.2) is 4.98 Å². The van der Waals surface area contributed by atoms with E-state index in [9.17, 15) is 0 Å². The van der Waals surface area contributed by atoms with E-state index in [1.165, 1.54) is 31.8 Å². The Morgan fingerprint density at radius 1 is 0.449 bits per heavy atom. The second-order valence-electron chi connectivity index (χ2n) is 12.3. The van der Waals surface area contributed by atoms with Crippen molar-refractivity contribution in [3.8, 4) is 21.7 Å². The lowest BCUT2D eigenvalue weighted by molar-refractivity contribution is 0.669. The number of thiazole rings is 1. The Bertz CT molecular complexity index is 2780. The van der Waals surface area contributed by atoms with E-state index in [0.29, 0.717) is 0 Å². The number of benzene rings is 8. The average molecular weight is 645 g/mol. The van der Waals surface area contributed by atoms with E-state index in [0.717, 1.165) is 60.7 Å². The van der Waals surface area contributed by atoms with E-state index in [1.54, 1.807) is 11.3 Å². The first-order valence-electron chi connectivity index (χ1n) is 16.5. The van der Waals surface area contributed by atoms with Crippen molar-refractivity contribution in [1.82, 2.24) is 4.98 Å². The Morgan fingerprint density at radius 2 is 1.08 bits per heavy atom. The molecule has 0 spiro atoms. The molecule has 3 nitrogen and oxygen atoms in total. The fourth-order valence-corrected chi connectivity index (χ4v) is 8.38. The Morgan fingerprint density at radius 3 is 1.94 bits per heavy atom. The largest absolute Gasteiger partial charge is 0.456 e. The SMILES string of the molecule is c1ccc(-c2cccc(N(c3ccc4oc5ccccc5c4c3)c3ccccc3-c3nc4c5ccccc5c5ccccc5c4s3)c2)cc1. The van der Waals surface area contributed by atoms with Gasteiger partial charge in [-0.2, -0.15) is 0 Å². The summed E-state index contributed by atoms with van der Waals surface area (Å²) in [6.45, 7) is 0. The molecule has 10 aromatic rings. The third-order valence-corrected chi connectivity index (χ3v) is 10.6. The van der Waals surface area contributed by atoms with Gasteiger partial charge in [-0.3, -0.25) is 0 Å². The zero-order valence-electron chi connectivity index (χ0n) is 26.4. The van der Waals surface area contributed by atoms with Crippen LogP contribution in [0, 0.1) is 0 Å². The summed E-state index contributed by atoms with van der Waals surface area (Å²) in [6.07, 6.45) is 0. The van der Waals surface area contributed by atoms with Crippen molar-refractivity contribution in [3.63, 3.8) is 0 Å². The predicted molar refractivity (Wildman–Crippen MR) is 207 cm³/mol. The molecular formula is C45H28N2OS. The van der Waals surface area contributed by atoms with Crippen molar-refractivity contribution in [2.24, 2.45) is 0 Å². The van der Waals surface area contributed by atoms with Crippen LogP contribution >= 0.6 is 11.3 Å². The fourth-order valence-electron chi connectivity index (χ4n) is 7.23. The minimum atomic E-state index is 0.876. The van der Waals surface area contributed by atoms with Crippen LogP contribution in [0.25, 0.3) is 75.4 Å². The van der Waals surface area contributed by atoms with Crippen LogP contribution in [0.5, 0.6) is 0 Å². The van der Waals surface area contributed by atoms with Gasteiger partial charge in [-0.05, 0) is 70.4 Å². The third-order valence-electron chi connectivity index (χ3n) is 9.48. The maximum Gasteiger partial charge on any atom is 0.135 e.